The average molecular weight is 223 g/mol. The minimum atomic E-state index is -0.113. The summed E-state index contributed by atoms with van der Waals surface area (Å²) in [5.74, 6) is 0. The number of aryl methyl sites for hydroxylation is 1. The summed E-state index contributed by atoms with van der Waals surface area (Å²) >= 11 is 0. The van der Waals surface area contributed by atoms with Crippen LogP contribution in [0, 0.1) is 22.7 Å². The molecule has 0 saturated carbocycles. The monoisotopic (exact) mass is 223 g/mol. The van der Waals surface area contributed by atoms with Crippen molar-refractivity contribution in [3.05, 3.63) is 30.1 Å². The third-order valence-electron chi connectivity index (χ3n) is 2.40. The SMILES string of the molecule is Cn1ccc2cc(CN=C(C#N)C#N)cnc21. The lowest BCUT2D eigenvalue weighted by molar-refractivity contribution is 0.944. The molecule has 2 rings (SSSR count). The molecule has 0 aliphatic heterocycles. The third kappa shape index (κ3) is 2.14. The van der Waals surface area contributed by atoms with E-state index in [0.717, 1.165) is 16.6 Å². The van der Waals surface area contributed by atoms with Gasteiger partial charge in [-0.2, -0.15) is 10.5 Å². The first-order chi connectivity index (χ1) is 8.24. The van der Waals surface area contributed by atoms with E-state index in [1.807, 2.05) is 29.9 Å². The smallest absolute Gasteiger partial charge is 0.213 e. The Morgan fingerprint density at radius 3 is 2.94 bits per heavy atom. The first-order valence-electron chi connectivity index (χ1n) is 4.99. The largest absolute Gasteiger partial charge is 0.336 e. The second-order valence-corrected chi connectivity index (χ2v) is 3.57. The molecule has 5 heteroatoms. The van der Waals surface area contributed by atoms with Crippen molar-refractivity contribution in [2.75, 3.05) is 0 Å². The van der Waals surface area contributed by atoms with Crippen molar-refractivity contribution in [1.82, 2.24) is 9.55 Å². The van der Waals surface area contributed by atoms with Gasteiger partial charge >= 0.3 is 0 Å². The van der Waals surface area contributed by atoms with Crippen LogP contribution in [0.3, 0.4) is 0 Å². The van der Waals surface area contributed by atoms with Crippen LogP contribution in [0.5, 0.6) is 0 Å². The highest BCUT2D eigenvalue weighted by Gasteiger charge is 2.01. The van der Waals surface area contributed by atoms with Gasteiger partial charge in [0.2, 0.25) is 5.71 Å². The molecule has 2 aromatic rings. The topological polar surface area (TPSA) is 77.8 Å². The lowest BCUT2D eigenvalue weighted by atomic mass is 10.2. The molecule has 0 fully saturated rings. The van der Waals surface area contributed by atoms with Crippen LogP contribution in [-0.2, 0) is 13.6 Å². The van der Waals surface area contributed by atoms with Gasteiger partial charge in [-0.1, -0.05) is 0 Å². The van der Waals surface area contributed by atoms with E-state index in [0.29, 0.717) is 6.54 Å². The second-order valence-electron chi connectivity index (χ2n) is 3.57. The summed E-state index contributed by atoms with van der Waals surface area (Å²) in [5.41, 5.74) is 1.67. The standard InChI is InChI=1S/C12H9N5/c1-17-3-2-10-4-9(8-16-12(10)17)7-15-11(5-13)6-14/h2-4,8H,7H2,1H3. The molecular formula is C12H9N5. The number of rotatable bonds is 2. The molecule has 2 aromatic heterocycles. The Hall–Kier alpha value is -2.66. The number of nitriles is 2. The second kappa shape index (κ2) is 4.46. The molecule has 0 N–H and O–H groups in total. The van der Waals surface area contributed by atoms with Gasteiger partial charge < -0.3 is 4.57 Å². The van der Waals surface area contributed by atoms with E-state index in [-0.39, 0.29) is 5.71 Å². The van der Waals surface area contributed by atoms with E-state index in [9.17, 15) is 0 Å². The lowest BCUT2D eigenvalue weighted by Gasteiger charge is -1.98. The molecule has 0 bridgehead atoms. The lowest BCUT2D eigenvalue weighted by Crippen LogP contribution is -1.93. The normalized spacial score (nSPS) is 9.59. The Labute approximate surface area is 98.3 Å². The summed E-state index contributed by atoms with van der Waals surface area (Å²) in [5, 5.41) is 18.1. The maximum Gasteiger partial charge on any atom is 0.213 e. The molecule has 0 saturated heterocycles. The van der Waals surface area contributed by atoms with Gasteiger partial charge in [-0.3, -0.25) is 4.99 Å². The van der Waals surface area contributed by atoms with Gasteiger partial charge in [0.05, 0.1) is 6.54 Å². The Balaban J connectivity index is 2.30. The van der Waals surface area contributed by atoms with Crippen molar-refractivity contribution < 1.29 is 0 Å². The van der Waals surface area contributed by atoms with Crippen molar-refractivity contribution >= 4 is 16.7 Å². The van der Waals surface area contributed by atoms with Crippen LogP contribution < -0.4 is 0 Å². The zero-order chi connectivity index (χ0) is 12.3. The van der Waals surface area contributed by atoms with E-state index in [2.05, 4.69) is 9.98 Å². The van der Waals surface area contributed by atoms with Gasteiger partial charge in [0.25, 0.3) is 0 Å². The van der Waals surface area contributed by atoms with Crippen LogP contribution in [0.1, 0.15) is 5.56 Å². The predicted octanol–water partition coefficient (Wildman–Crippen LogP) is 1.56. The first kappa shape index (κ1) is 10.8. The molecule has 0 radical (unpaired) electrons. The fraction of sp³-hybridized carbons (Fsp3) is 0.167. The van der Waals surface area contributed by atoms with E-state index >= 15 is 0 Å². The molecule has 0 spiro atoms. The molecule has 2 heterocycles. The number of hydrogen-bond acceptors (Lipinski definition) is 4. The van der Waals surface area contributed by atoms with Crippen molar-refractivity contribution in [3.63, 3.8) is 0 Å². The van der Waals surface area contributed by atoms with Crippen molar-refractivity contribution in [2.45, 2.75) is 6.54 Å². The zero-order valence-electron chi connectivity index (χ0n) is 9.25. The van der Waals surface area contributed by atoms with Crippen molar-refractivity contribution in [3.8, 4) is 12.1 Å². The number of nitrogens with zero attached hydrogens (tertiary/aromatic N) is 5. The summed E-state index contributed by atoms with van der Waals surface area (Å²) in [4.78, 5) is 8.19. The number of pyridine rings is 1. The van der Waals surface area contributed by atoms with E-state index in [1.165, 1.54) is 0 Å². The van der Waals surface area contributed by atoms with Crippen LogP contribution in [-0.4, -0.2) is 15.3 Å². The molecule has 0 atom stereocenters. The first-order valence-corrected chi connectivity index (χ1v) is 4.99. The third-order valence-corrected chi connectivity index (χ3v) is 2.40. The fourth-order valence-electron chi connectivity index (χ4n) is 1.55. The van der Waals surface area contributed by atoms with E-state index in [4.69, 9.17) is 10.5 Å². The number of aliphatic imine (C=N–C) groups is 1. The minimum absolute atomic E-state index is 0.113. The molecule has 5 nitrogen and oxygen atoms in total. The van der Waals surface area contributed by atoms with Crippen molar-refractivity contribution in [2.24, 2.45) is 12.0 Å². The van der Waals surface area contributed by atoms with Gasteiger partial charge in [0.15, 0.2) is 0 Å². The molecule has 0 unspecified atom stereocenters. The quantitative estimate of drug-likeness (QED) is 0.725. The van der Waals surface area contributed by atoms with Gasteiger partial charge in [-0.05, 0) is 17.7 Å². The summed E-state index contributed by atoms with van der Waals surface area (Å²) in [7, 11) is 1.93. The Morgan fingerprint density at radius 2 is 2.24 bits per heavy atom. The van der Waals surface area contributed by atoms with Gasteiger partial charge in [0.1, 0.15) is 17.8 Å². The van der Waals surface area contributed by atoms with Crippen LogP contribution in [0.15, 0.2) is 29.5 Å². The molecule has 0 aliphatic carbocycles. The van der Waals surface area contributed by atoms with Crippen LogP contribution in [0.2, 0.25) is 0 Å². The fourth-order valence-corrected chi connectivity index (χ4v) is 1.55. The van der Waals surface area contributed by atoms with Gasteiger partial charge in [-0.15, -0.1) is 0 Å². The molecule has 0 aliphatic rings. The Kier molecular flexibility index (Phi) is 2.85. The van der Waals surface area contributed by atoms with Crippen LogP contribution >= 0.6 is 0 Å². The summed E-state index contributed by atoms with van der Waals surface area (Å²) in [6, 6.07) is 7.38. The highest BCUT2D eigenvalue weighted by molar-refractivity contribution is 6.10. The Bertz CT molecular complexity index is 650. The zero-order valence-corrected chi connectivity index (χ0v) is 9.25. The highest BCUT2D eigenvalue weighted by atomic mass is 15.0. The number of fused-ring (bicyclic) bond motifs is 1. The number of hydrogen-bond donors (Lipinski definition) is 0. The number of aromatic nitrogens is 2. The molecule has 0 aromatic carbocycles. The Morgan fingerprint density at radius 1 is 1.47 bits per heavy atom. The molecule has 0 amide bonds. The summed E-state index contributed by atoms with van der Waals surface area (Å²) in [6.07, 6.45) is 3.64. The predicted molar refractivity (Wildman–Crippen MR) is 63.1 cm³/mol. The van der Waals surface area contributed by atoms with Crippen molar-refractivity contribution in [1.29, 1.82) is 10.5 Å². The average Bonchev–Trinajstić information content (AvgIpc) is 2.72. The molecular weight excluding hydrogens is 214 g/mol. The van der Waals surface area contributed by atoms with Gasteiger partial charge in [-0.25, -0.2) is 4.98 Å². The van der Waals surface area contributed by atoms with E-state index < -0.39 is 0 Å². The van der Waals surface area contributed by atoms with Crippen LogP contribution in [0.4, 0.5) is 0 Å². The minimum Gasteiger partial charge on any atom is -0.336 e. The van der Waals surface area contributed by atoms with E-state index in [1.54, 1.807) is 18.3 Å². The highest BCUT2D eigenvalue weighted by Crippen LogP contribution is 2.14. The van der Waals surface area contributed by atoms with Gasteiger partial charge in [0, 0.05) is 24.8 Å². The van der Waals surface area contributed by atoms with Crippen LogP contribution in [0.25, 0.3) is 11.0 Å². The summed E-state index contributed by atoms with van der Waals surface area (Å²) in [6.45, 7) is 0.300. The molecule has 17 heavy (non-hydrogen) atoms. The maximum atomic E-state index is 8.56. The summed E-state index contributed by atoms with van der Waals surface area (Å²) < 4.78 is 1.93. The molecule has 82 valence electrons. The maximum absolute atomic E-state index is 8.56.